The summed E-state index contributed by atoms with van der Waals surface area (Å²) in [4.78, 5) is 57.0. The molecule has 0 radical (unpaired) electrons. The van der Waals surface area contributed by atoms with Crippen LogP contribution < -0.4 is 30.6 Å². The maximum absolute atomic E-state index is 9.50. The Morgan fingerprint density at radius 2 is 0.423 bits per heavy atom. The number of hydrogen-bond donors (Lipinski definition) is 0. The third kappa shape index (κ3) is 56.7. The average molecular weight is 698 g/mol. The van der Waals surface area contributed by atoms with Crippen LogP contribution in [0.2, 0.25) is 0 Å². The zero-order valence-electron chi connectivity index (χ0n) is 12.7. The van der Waals surface area contributed by atoms with Crippen LogP contribution in [0.25, 0.3) is 0 Å². The standard InChI is InChI=1S/3C4H6O4.2Lu/c3*5-3(6)1-2-4(7)8;;/h3*1-2H2,(H,5,6)(H,7,8);;/q;;;2*+3/p-6. The Morgan fingerprint density at radius 3 is 0.462 bits per heavy atom. The normalized spacial score (nSPS) is 7.85. The fraction of sp³-hybridized carbons (Fsp3) is 0.500. The number of carbonyl (C=O) groups excluding carboxylic acids is 6. The second kappa shape index (κ2) is 24.3. The molecule has 0 saturated heterocycles. The fourth-order valence-corrected chi connectivity index (χ4v) is 0.612. The van der Waals surface area contributed by atoms with Crippen LogP contribution in [0.4, 0.5) is 0 Å². The van der Waals surface area contributed by atoms with Gasteiger partial charge in [0, 0.05) is 35.8 Å². The Balaban J connectivity index is -0.0000000817. The summed E-state index contributed by atoms with van der Waals surface area (Å²) in [5, 5.41) is 57.0. The van der Waals surface area contributed by atoms with E-state index in [-0.39, 0.29) is 73.7 Å². The van der Waals surface area contributed by atoms with E-state index >= 15 is 0 Å². The minimum absolute atomic E-state index is 0. The van der Waals surface area contributed by atoms with Crippen molar-refractivity contribution >= 4 is 35.8 Å². The van der Waals surface area contributed by atoms with E-state index in [1.54, 1.807) is 0 Å². The van der Waals surface area contributed by atoms with Gasteiger partial charge in [0.2, 0.25) is 0 Å². The molecule has 0 rings (SSSR count). The molecule has 0 saturated carbocycles. The molecule has 0 aromatic heterocycles. The summed E-state index contributed by atoms with van der Waals surface area (Å²) in [5.41, 5.74) is 0. The molecule has 0 aliphatic rings. The summed E-state index contributed by atoms with van der Waals surface area (Å²) in [6.45, 7) is 0. The van der Waals surface area contributed by atoms with Gasteiger partial charge in [0.25, 0.3) is 0 Å². The molecule has 162 valence electrons. The number of carboxylic acids is 6. The first-order chi connectivity index (χ1) is 10.9. The predicted octanol–water partition coefficient (Wildman–Crippen LogP) is -8.20. The molecule has 0 aromatic rings. The van der Waals surface area contributed by atoms with E-state index in [4.69, 9.17) is 0 Å². The Hall–Kier alpha value is -0.712. The fourth-order valence-electron chi connectivity index (χ4n) is 0.612. The Morgan fingerprint density at radius 1 is 0.346 bits per heavy atom. The topological polar surface area (TPSA) is 241 Å². The summed E-state index contributed by atoms with van der Waals surface area (Å²) in [6, 6.07) is 0. The van der Waals surface area contributed by atoms with Gasteiger partial charge >= 0.3 is 73.7 Å². The number of aliphatic carboxylic acids is 6. The van der Waals surface area contributed by atoms with E-state index < -0.39 is 74.3 Å². The van der Waals surface area contributed by atoms with Crippen LogP contribution in [-0.4, -0.2) is 35.8 Å². The summed E-state index contributed by atoms with van der Waals surface area (Å²) in [6.07, 6.45) is -2.82. The Kier molecular flexibility index (Phi) is 33.9. The van der Waals surface area contributed by atoms with Crippen LogP contribution >= 0.6 is 0 Å². The molecule has 14 heteroatoms. The summed E-state index contributed by atoms with van der Waals surface area (Å²) in [5.74, 6) is -8.20. The van der Waals surface area contributed by atoms with Crippen LogP contribution in [0.1, 0.15) is 38.5 Å². The number of hydrogen-bond acceptors (Lipinski definition) is 12. The van der Waals surface area contributed by atoms with Gasteiger partial charge in [-0.25, -0.2) is 0 Å². The molecular formula is C12H12Lu2O12. The molecule has 0 aromatic carbocycles. The zero-order valence-corrected chi connectivity index (χ0v) is 16.0. The molecule has 0 spiro atoms. The van der Waals surface area contributed by atoms with Crippen LogP contribution in [0.15, 0.2) is 0 Å². The van der Waals surface area contributed by atoms with Gasteiger partial charge in [0.15, 0.2) is 0 Å². The molecule has 0 fully saturated rings. The quantitative estimate of drug-likeness (QED) is 0.218. The van der Waals surface area contributed by atoms with Crippen LogP contribution in [-0.2, 0) is 28.8 Å². The smallest absolute Gasteiger partial charge is 0.550 e. The molecule has 0 heterocycles. The molecular weight excluding hydrogens is 686 g/mol. The van der Waals surface area contributed by atoms with Gasteiger partial charge in [-0.15, -0.1) is 0 Å². The van der Waals surface area contributed by atoms with Gasteiger partial charge in [-0.2, -0.15) is 0 Å². The van der Waals surface area contributed by atoms with Crippen molar-refractivity contribution in [3.63, 3.8) is 0 Å². The zero-order chi connectivity index (χ0) is 19.7. The molecule has 12 nitrogen and oxygen atoms in total. The van der Waals surface area contributed by atoms with Gasteiger partial charge in [-0.05, 0) is 38.5 Å². The average Bonchev–Trinajstić information content (AvgIpc) is 2.42. The first-order valence-electron chi connectivity index (χ1n) is 6.07. The van der Waals surface area contributed by atoms with Crippen molar-refractivity contribution in [1.29, 1.82) is 0 Å². The molecule has 0 amide bonds. The van der Waals surface area contributed by atoms with Crippen molar-refractivity contribution in [3.8, 4) is 0 Å². The molecule has 0 N–H and O–H groups in total. The van der Waals surface area contributed by atoms with Crippen molar-refractivity contribution in [2.24, 2.45) is 0 Å². The largest absolute Gasteiger partial charge is 3.00 e. The number of rotatable bonds is 9. The van der Waals surface area contributed by atoms with E-state index in [1.165, 1.54) is 0 Å². The third-order valence-electron chi connectivity index (χ3n) is 1.60. The predicted molar refractivity (Wildman–Crippen MR) is 57.7 cm³/mol. The van der Waals surface area contributed by atoms with E-state index in [2.05, 4.69) is 0 Å². The van der Waals surface area contributed by atoms with Gasteiger partial charge in [-0.3, -0.25) is 0 Å². The summed E-state index contributed by atoms with van der Waals surface area (Å²) >= 11 is 0. The van der Waals surface area contributed by atoms with Crippen molar-refractivity contribution in [2.45, 2.75) is 38.5 Å². The SMILES string of the molecule is O=C([O-])CCC(=O)[O-].O=C([O-])CCC(=O)[O-].O=C([O-])CCC(=O)[O-].[Lu+3].[Lu+3]. The van der Waals surface area contributed by atoms with Crippen molar-refractivity contribution in [3.05, 3.63) is 0 Å². The third-order valence-corrected chi connectivity index (χ3v) is 1.60. The summed E-state index contributed by atoms with van der Waals surface area (Å²) in [7, 11) is 0. The minimum atomic E-state index is -1.37. The number of carboxylic acid groups (broad SMARTS) is 6. The first kappa shape index (κ1) is 36.2. The maximum atomic E-state index is 9.50. The van der Waals surface area contributed by atoms with Gasteiger partial charge < -0.3 is 59.4 Å². The minimum Gasteiger partial charge on any atom is -0.550 e. The molecule has 0 aliphatic carbocycles. The second-order valence-corrected chi connectivity index (χ2v) is 3.73. The van der Waals surface area contributed by atoms with E-state index in [0.29, 0.717) is 0 Å². The van der Waals surface area contributed by atoms with Gasteiger partial charge in [-0.1, -0.05) is 0 Å². The second-order valence-electron chi connectivity index (χ2n) is 3.73. The number of carbonyl (C=O) groups is 6. The van der Waals surface area contributed by atoms with Crippen molar-refractivity contribution in [2.75, 3.05) is 0 Å². The van der Waals surface area contributed by atoms with Gasteiger partial charge in [0.05, 0.1) is 0 Å². The molecule has 0 bridgehead atoms. The van der Waals surface area contributed by atoms with E-state index in [9.17, 15) is 59.4 Å². The molecule has 0 aliphatic heterocycles. The summed E-state index contributed by atoms with van der Waals surface area (Å²) < 4.78 is 0. The van der Waals surface area contributed by atoms with E-state index in [1.807, 2.05) is 0 Å². The van der Waals surface area contributed by atoms with Gasteiger partial charge in [0.1, 0.15) is 0 Å². The Labute approximate surface area is 205 Å². The molecule has 26 heavy (non-hydrogen) atoms. The molecule has 0 atom stereocenters. The van der Waals surface area contributed by atoms with Crippen molar-refractivity contribution in [1.82, 2.24) is 0 Å². The van der Waals surface area contributed by atoms with Crippen LogP contribution in [0.3, 0.4) is 0 Å². The Bertz CT molecular complexity index is 355. The van der Waals surface area contributed by atoms with E-state index in [0.717, 1.165) is 0 Å². The monoisotopic (exact) mass is 698 g/mol. The van der Waals surface area contributed by atoms with Crippen LogP contribution in [0.5, 0.6) is 0 Å². The van der Waals surface area contributed by atoms with Crippen LogP contribution in [0, 0.1) is 73.7 Å². The first-order valence-corrected chi connectivity index (χ1v) is 6.07. The maximum Gasteiger partial charge on any atom is 3.00 e. The molecule has 0 unspecified atom stereocenters. The van der Waals surface area contributed by atoms with Crippen molar-refractivity contribution < 1.29 is 133 Å².